The van der Waals surface area contributed by atoms with Crippen LogP contribution in [0.3, 0.4) is 0 Å². The molecule has 1 N–H and O–H groups in total. The second kappa shape index (κ2) is 7.27. The van der Waals surface area contributed by atoms with Crippen LogP contribution in [-0.2, 0) is 16.0 Å². The average molecular weight is 359 g/mol. The molecule has 1 aromatic heterocycles. The number of hydrogen-bond donors (Lipinski definition) is 1. The highest BCUT2D eigenvalue weighted by atomic mass is 32.1. The van der Waals surface area contributed by atoms with Crippen LogP contribution in [-0.4, -0.2) is 25.1 Å². The van der Waals surface area contributed by atoms with E-state index in [0.717, 1.165) is 21.8 Å². The lowest BCUT2D eigenvalue weighted by Gasteiger charge is -2.24. The predicted molar refractivity (Wildman–Crippen MR) is 97.5 cm³/mol. The zero-order valence-corrected chi connectivity index (χ0v) is 15.4. The van der Waals surface area contributed by atoms with Crippen LogP contribution < -0.4 is 10.1 Å². The molecule has 1 aliphatic rings. The topological polar surface area (TPSA) is 64.6 Å². The van der Waals surface area contributed by atoms with Crippen molar-refractivity contribution in [2.24, 2.45) is 5.92 Å². The Hall–Kier alpha value is -2.34. The van der Waals surface area contributed by atoms with Gasteiger partial charge in [0.1, 0.15) is 17.4 Å². The lowest BCUT2D eigenvalue weighted by molar-refractivity contribution is -0.121. The van der Waals surface area contributed by atoms with E-state index in [9.17, 15) is 9.59 Å². The van der Waals surface area contributed by atoms with E-state index in [-0.39, 0.29) is 11.8 Å². The van der Waals surface area contributed by atoms with E-state index in [0.29, 0.717) is 30.2 Å². The molecule has 3 rings (SSSR count). The molecule has 1 aromatic carbocycles. The number of carbonyl (C=O) groups is 2. The molecule has 0 radical (unpaired) electrons. The van der Waals surface area contributed by atoms with Crippen molar-refractivity contribution in [3.05, 3.63) is 45.8 Å². The van der Waals surface area contributed by atoms with Crippen LogP contribution in [0.1, 0.15) is 33.3 Å². The Bertz CT molecular complexity index is 812. The van der Waals surface area contributed by atoms with Gasteiger partial charge < -0.3 is 14.8 Å². The van der Waals surface area contributed by atoms with E-state index < -0.39 is 5.97 Å². The smallest absolute Gasteiger partial charge is 0.341 e. The average Bonchev–Trinajstić information content (AvgIpc) is 2.88. The molecule has 0 fully saturated rings. The van der Waals surface area contributed by atoms with Crippen molar-refractivity contribution >= 4 is 28.2 Å². The van der Waals surface area contributed by atoms with Gasteiger partial charge in [-0.05, 0) is 44.4 Å². The van der Waals surface area contributed by atoms with Crippen molar-refractivity contribution in [3.63, 3.8) is 0 Å². The third kappa shape index (κ3) is 3.54. The Morgan fingerprint density at radius 3 is 2.84 bits per heavy atom. The molecule has 1 atom stereocenters. The summed E-state index contributed by atoms with van der Waals surface area (Å²) in [6.07, 6.45) is 0.625. The number of carbonyl (C=O) groups excluding carboxylic acids is 2. The van der Waals surface area contributed by atoms with Crippen molar-refractivity contribution in [2.45, 2.75) is 27.2 Å². The SMILES string of the molecule is CCOC(=O)c1c(NC(=O)[C@H]2COc3ccccc3C2)sc(C)c1C. The van der Waals surface area contributed by atoms with E-state index in [4.69, 9.17) is 9.47 Å². The number of para-hydroxylation sites is 1. The summed E-state index contributed by atoms with van der Waals surface area (Å²) in [7, 11) is 0. The highest BCUT2D eigenvalue weighted by Crippen LogP contribution is 2.34. The van der Waals surface area contributed by atoms with Gasteiger partial charge in [0.15, 0.2) is 0 Å². The Labute approximate surface area is 151 Å². The van der Waals surface area contributed by atoms with Gasteiger partial charge in [-0.2, -0.15) is 0 Å². The van der Waals surface area contributed by atoms with Gasteiger partial charge in [0.25, 0.3) is 0 Å². The molecule has 1 aliphatic heterocycles. The Morgan fingerprint density at radius 1 is 1.32 bits per heavy atom. The number of benzene rings is 1. The molecule has 0 bridgehead atoms. The molecule has 2 heterocycles. The van der Waals surface area contributed by atoms with E-state index in [1.807, 2.05) is 38.1 Å². The summed E-state index contributed by atoms with van der Waals surface area (Å²) in [5.74, 6) is 0.0143. The molecule has 0 unspecified atom stereocenters. The summed E-state index contributed by atoms with van der Waals surface area (Å²) >= 11 is 1.40. The normalized spacial score (nSPS) is 15.9. The second-order valence-electron chi connectivity index (χ2n) is 6.02. The molecule has 6 heteroatoms. The maximum absolute atomic E-state index is 12.7. The van der Waals surface area contributed by atoms with Gasteiger partial charge in [-0.1, -0.05) is 18.2 Å². The molecule has 132 valence electrons. The maximum Gasteiger partial charge on any atom is 0.341 e. The highest BCUT2D eigenvalue weighted by Gasteiger charge is 2.28. The van der Waals surface area contributed by atoms with Crippen LogP contribution in [0.2, 0.25) is 0 Å². The van der Waals surface area contributed by atoms with E-state index >= 15 is 0 Å². The van der Waals surface area contributed by atoms with Crippen molar-refractivity contribution in [3.8, 4) is 5.75 Å². The third-order valence-electron chi connectivity index (χ3n) is 4.35. The van der Waals surface area contributed by atoms with E-state index in [1.54, 1.807) is 6.92 Å². The summed E-state index contributed by atoms with van der Waals surface area (Å²) in [5, 5.41) is 3.46. The monoisotopic (exact) mass is 359 g/mol. The molecule has 2 aromatic rings. The van der Waals surface area contributed by atoms with Gasteiger partial charge in [0.05, 0.1) is 18.1 Å². The molecule has 0 spiro atoms. The van der Waals surface area contributed by atoms with Gasteiger partial charge in [0, 0.05) is 4.88 Å². The Morgan fingerprint density at radius 2 is 2.08 bits per heavy atom. The Kier molecular flexibility index (Phi) is 5.08. The molecular formula is C19H21NO4S. The first kappa shape index (κ1) is 17.5. The number of nitrogens with one attached hydrogen (secondary N) is 1. The first-order valence-corrected chi connectivity index (χ1v) is 9.11. The number of hydrogen-bond acceptors (Lipinski definition) is 5. The number of thiophene rings is 1. The van der Waals surface area contributed by atoms with Crippen molar-refractivity contribution < 1.29 is 19.1 Å². The van der Waals surface area contributed by atoms with Crippen molar-refractivity contribution in [1.82, 2.24) is 0 Å². The Balaban J connectivity index is 1.78. The molecule has 0 saturated heterocycles. The number of aryl methyl sites for hydroxylation is 1. The molecule has 25 heavy (non-hydrogen) atoms. The fraction of sp³-hybridized carbons (Fsp3) is 0.368. The van der Waals surface area contributed by atoms with Crippen molar-refractivity contribution in [2.75, 3.05) is 18.5 Å². The summed E-state index contributed by atoms with van der Waals surface area (Å²) in [6, 6.07) is 7.74. The second-order valence-corrected chi connectivity index (χ2v) is 7.24. The number of fused-ring (bicyclic) bond motifs is 1. The maximum atomic E-state index is 12.7. The number of ether oxygens (including phenoxy) is 2. The minimum Gasteiger partial charge on any atom is -0.492 e. The molecular weight excluding hydrogens is 338 g/mol. The summed E-state index contributed by atoms with van der Waals surface area (Å²) in [5.41, 5.74) is 2.33. The van der Waals surface area contributed by atoms with Crippen molar-refractivity contribution in [1.29, 1.82) is 0 Å². The zero-order valence-electron chi connectivity index (χ0n) is 14.5. The number of esters is 1. The van der Waals surface area contributed by atoms with Crippen LogP contribution in [0.15, 0.2) is 24.3 Å². The van der Waals surface area contributed by atoms with E-state index in [1.165, 1.54) is 11.3 Å². The molecule has 0 aliphatic carbocycles. The summed E-state index contributed by atoms with van der Waals surface area (Å²) in [4.78, 5) is 25.9. The first-order chi connectivity index (χ1) is 12.0. The van der Waals surface area contributed by atoms with Gasteiger partial charge in [-0.25, -0.2) is 4.79 Å². The third-order valence-corrected chi connectivity index (χ3v) is 5.47. The summed E-state index contributed by atoms with van der Waals surface area (Å²) < 4.78 is 10.8. The summed E-state index contributed by atoms with van der Waals surface area (Å²) in [6.45, 7) is 6.20. The van der Waals surface area contributed by atoms with Crippen LogP contribution >= 0.6 is 11.3 Å². The number of amides is 1. The highest BCUT2D eigenvalue weighted by molar-refractivity contribution is 7.16. The lowest BCUT2D eigenvalue weighted by atomic mass is 9.96. The van der Waals surface area contributed by atoms with E-state index in [2.05, 4.69) is 5.32 Å². The largest absolute Gasteiger partial charge is 0.492 e. The van der Waals surface area contributed by atoms with Gasteiger partial charge in [-0.3, -0.25) is 4.79 Å². The standard InChI is InChI=1S/C19H21NO4S/c1-4-23-19(22)16-11(2)12(3)25-18(16)20-17(21)14-9-13-7-5-6-8-15(13)24-10-14/h5-8,14H,4,9-10H2,1-3H3,(H,20,21)/t14-/m1/s1. The first-order valence-electron chi connectivity index (χ1n) is 8.30. The minimum atomic E-state index is -0.398. The van der Waals surface area contributed by atoms with Gasteiger partial charge in [0.2, 0.25) is 5.91 Å². The van der Waals surface area contributed by atoms with Crippen LogP contribution in [0.4, 0.5) is 5.00 Å². The van der Waals surface area contributed by atoms with Gasteiger partial charge >= 0.3 is 5.97 Å². The number of anilines is 1. The molecule has 1 amide bonds. The predicted octanol–water partition coefficient (Wildman–Crippen LogP) is 3.73. The molecule has 0 saturated carbocycles. The van der Waals surface area contributed by atoms with Crippen LogP contribution in [0.5, 0.6) is 5.75 Å². The van der Waals surface area contributed by atoms with Gasteiger partial charge in [-0.15, -0.1) is 11.3 Å². The lowest BCUT2D eigenvalue weighted by Crippen LogP contribution is -2.32. The fourth-order valence-corrected chi connectivity index (χ4v) is 3.93. The zero-order chi connectivity index (χ0) is 18.0. The van der Waals surface area contributed by atoms with Crippen LogP contribution in [0, 0.1) is 19.8 Å². The number of rotatable bonds is 4. The van der Waals surface area contributed by atoms with Crippen LogP contribution in [0.25, 0.3) is 0 Å². The minimum absolute atomic E-state index is 0.138. The molecule has 5 nitrogen and oxygen atoms in total. The quantitative estimate of drug-likeness (QED) is 0.845. The fourth-order valence-electron chi connectivity index (χ4n) is 2.87.